The summed E-state index contributed by atoms with van der Waals surface area (Å²) in [5.74, 6) is 0.00823. The van der Waals surface area contributed by atoms with E-state index in [1.807, 2.05) is 60.7 Å². The van der Waals surface area contributed by atoms with E-state index in [9.17, 15) is 4.79 Å². The molecule has 0 unspecified atom stereocenters. The third-order valence-corrected chi connectivity index (χ3v) is 5.20. The van der Waals surface area contributed by atoms with Gasteiger partial charge in [-0.15, -0.1) is 0 Å². The molecule has 3 aromatic carbocycles. The van der Waals surface area contributed by atoms with Crippen LogP contribution in [0.4, 0.5) is 5.69 Å². The Balaban J connectivity index is 1.59. The predicted molar refractivity (Wildman–Crippen MR) is 107 cm³/mol. The highest BCUT2D eigenvalue weighted by Crippen LogP contribution is 2.33. The summed E-state index contributed by atoms with van der Waals surface area (Å²) >= 11 is 1.65. The third kappa shape index (κ3) is 5.22. The van der Waals surface area contributed by atoms with Crippen molar-refractivity contribution in [1.82, 2.24) is 0 Å². The summed E-state index contributed by atoms with van der Waals surface area (Å²) in [5, 5.41) is 5.10. The van der Waals surface area contributed by atoms with Crippen molar-refractivity contribution in [3.8, 4) is 0 Å². The summed E-state index contributed by atoms with van der Waals surface area (Å²) in [5.41, 5.74) is 2.08. The molecule has 0 radical (unpaired) electrons. The minimum Gasteiger partial charge on any atom is -0.333 e. The van der Waals surface area contributed by atoms with E-state index in [1.54, 1.807) is 11.8 Å². The van der Waals surface area contributed by atoms with E-state index in [1.165, 1.54) is 5.56 Å². The molecule has 0 aromatic heterocycles. The van der Waals surface area contributed by atoms with Gasteiger partial charge < -0.3 is 10.6 Å². The first kappa shape index (κ1) is 18.2. The Bertz CT molecular complexity index is 837. The molecule has 0 saturated carbocycles. The van der Waals surface area contributed by atoms with Crippen LogP contribution in [0.2, 0.25) is 0 Å². The van der Waals surface area contributed by atoms with Gasteiger partial charge in [-0.05, 0) is 31.2 Å². The van der Waals surface area contributed by atoms with Crippen LogP contribution in [0, 0.1) is 0 Å². The summed E-state index contributed by atoms with van der Waals surface area (Å²) in [6.45, 7) is 2.50. The van der Waals surface area contributed by atoms with Crippen LogP contribution in [0.15, 0.2) is 94.7 Å². The predicted octanol–water partition coefficient (Wildman–Crippen LogP) is 4.10. The Morgan fingerprint density at radius 3 is 2.27 bits per heavy atom. The smallest absolute Gasteiger partial charge is 0.279 e. The minimum absolute atomic E-state index is 0.00823. The molecular formula is C22H23N2OS+. The first-order valence-corrected chi connectivity index (χ1v) is 9.54. The maximum absolute atomic E-state index is 12.4. The second kappa shape index (κ2) is 9.22. The van der Waals surface area contributed by atoms with Crippen LogP contribution in [0.25, 0.3) is 0 Å². The van der Waals surface area contributed by atoms with Gasteiger partial charge >= 0.3 is 0 Å². The fourth-order valence-corrected chi connectivity index (χ4v) is 3.57. The van der Waals surface area contributed by atoms with E-state index >= 15 is 0 Å². The van der Waals surface area contributed by atoms with E-state index in [0.717, 1.165) is 15.5 Å². The van der Waals surface area contributed by atoms with Crippen molar-refractivity contribution in [3.05, 3.63) is 90.5 Å². The normalized spacial score (nSPS) is 11.7. The molecule has 0 aliphatic heterocycles. The van der Waals surface area contributed by atoms with Gasteiger partial charge in [0, 0.05) is 15.4 Å². The van der Waals surface area contributed by atoms with E-state index in [0.29, 0.717) is 6.54 Å². The molecular weight excluding hydrogens is 340 g/mol. The van der Waals surface area contributed by atoms with Crippen LogP contribution >= 0.6 is 11.8 Å². The molecule has 0 spiro atoms. The highest BCUT2D eigenvalue weighted by atomic mass is 32.2. The van der Waals surface area contributed by atoms with Crippen LogP contribution in [-0.2, 0) is 4.79 Å². The highest BCUT2D eigenvalue weighted by Gasteiger charge is 2.13. The first-order valence-electron chi connectivity index (χ1n) is 8.72. The third-order valence-electron chi connectivity index (χ3n) is 4.11. The highest BCUT2D eigenvalue weighted by molar-refractivity contribution is 7.99. The molecule has 0 saturated heterocycles. The Morgan fingerprint density at radius 1 is 0.923 bits per heavy atom. The fourth-order valence-electron chi connectivity index (χ4n) is 2.65. The molecule has 0 aliphatic carbocycles. The van der Waals surface area contributed by atoms with Crippen LogP contribution in [0.3, 0.4) is 0 Å². The lowest BCUT2D eigenvalue weighted by Crippen LogP contribution is -2.86. The van der Waals surface area contributed by atoms with Gasteiger partial charge in [0.2, 0.25) is 0 Å². The number of quaternary nitrogens is 1. The molecule has 0 bridgehead atoms. The van der Waals surface area contributed by atoms with Crippen LogP contribution < -0.4 is 10.6 Å². The largest absolute Gasteiger partial charge is 0.333 e. The lowest BCUT2D eigenvalue weighted by molar-refractivity contribution is -0.682. The number of nitrogens with two attached hydrogens (primary N) is 1. The Morgan fingerprint density at radius 2 is 1.54 bits per heavy atom. The molecule has 1 amide bonds. The summed E-state index contributed by atoms with van der Waals surface area (Å²) in [7, 11) is 0. The number of hydrogen-bond acceptors (Lipinski definition) is 2. The molecule has 0 aliphatic rings. The molecule has 3 nitrogen and oxygen atoms in total. The first-order chi connectivity index (χ1) is 12.7. The maximum atomic E-state index is 12.4. The molecule has 0 heterocycles. The number of rotatable bonds is 7. The lowest BCUT2D eigenvalue weighted by Gasteiger charge is -2.13. The van der Waals surface area contributed by atoms with Crippen LogP contribution in [0.1, 0.15) is 18.5 Å². The van der Waals surface area contributed by atoms with Gasteiger partial charge in [0.15, 0.2) is 6.54 Å². The number of nitrogens with one attached hydrogen (secondary N) is 1. The second-order valence-corrected chi connectivity index (χ2v) is 7.21. The van der Waals surface area contributed by atoms with Gasteiger partial charge in [0.25, 0.3) is 5.91 Å². The molecule has 3 aromatic rings. The topological polar surface area (TPSA) is 45.7 Å². The number of carbonyl (C=O) groups is 1. The van der Waals surface area contributed by atoms with Crippen molar-refractivity contribution in [2.45, 2.75) is 22.8 Å². The Kier molecular flexibility index (Phi) is 6.47. The molecule has 4 heteroatoms. The van der Waals surface area contributed by atoms with Gasteiger partial charge in [-0.25, -0.2) is 0 Å². The average Bonchev–Trinajstić information content (AvgIpc) is 2.69. The van der Waals surface area contributed by atoms with Crippen LogP contribution in [0.5, 0.6) is 0 Å². The van der Waals surface area contributed by atoms with E-state index in [4.69, 9.17) is 0 Å². The lowest BCUT2D eigenvalue weighted by atomic mass is 10.1. The van der Waals surface area contributed by atoms with Crippen molar-refractivity contribution in [2.75, 3.05) is 11.9 Å². The number of benzene rings is 3. The number of anilines is 1. The van der Waals surface area contributed by atoms with Gasteiger partial charge in [-0.1, -0.05) is 72.4 Å². The minimum atomic E-state index is 0.00823. The van der Waals surface area contributed by atoms with E-state index in [-0.39, 0.29) is 11.9 Å². The Hall–Kier alpha value is -2.56. The zero-order valence-corrected chi connectivity index (χ0v) is 15.6. The SMILES string of the molecule is C[C@H]([NH2+]CC(=O)Nc1ccccc1Sc1ccccc1)c1ccccc1. The van der Waals surface area contributed by atoms with Crippen molar-refractivity contribution in [2.24, 2.45) is 0 Å². The molecule has 3 rings (SSSR count). The molecule has 26 heavy (non-hydrogen) atoms. The zero-order chi connectivity index (χ0) is 18.2. The summed E-state index contributed by atoms with van der Waals surface area (Å²) < 4.78 is 0. The summed E-state index contributed by atoms with van der Waals surface area (Å²) in [6.07, 6.45) is 0. The van der Waals surface area contributed by atoms with Crippen molar-refractivity contribution >= 4 is 23.4 Å². The standard InChI is InChI=1S/C22H22N2OS/c1-17(18-10-4-2-5-11-18)23-16-22(25)24-20-14-8-9-15-21(20)26-19-12-6-3-7-13-19/h2-15,17,23H,16H2,1H3,(H,24,25)/p+1/t17-/m0/s1. The van der Waals surface area contributed by atoms with Gasteiger partial charge in [0.1, 0.15) is 6.04 Å². The molecule has 132 valence electrons. The monoisotopic (exact) mass is 363 g/mol. The van der Waals surface area contributed by atoms with Crippen LogP contribution in [-0.4, -0.2) is 12.5 Å². The van der Waals surface area contributed by atoms with Gasteiger partial charge in [-0.2, -0.15) is 0 Å². The van der Waals surface area contributed by atoms with Gasteiger partial charge in [0.05, 0.1) is 5.69 Å². The Labute approximate surface area is 158 Å². The fraction of sp³-hybridized carbons (Fsp3) is 0.136. The number of amides is 1. The molecule has 0 fully saturated rings. The average molecular weight is 364 g/mol. The van der Waals surface area contributed by atoms with Crippen molar-refractivity contribution in [3.63, 3.8) is 0 Å². The van der Waals surface area contributed by atoms with E-state index in [2.05, 4.69) is 41.8 Å². The number of para-hydroxylation sites is 1. The number of hydrogen-bond donors (Lipinski definition) is 2. The van der Waals surface area contributed by atoms with Crippen molar-refractivity contribution in [1.29, 1.82) is 0 Å². The zero-order valence-electron chi connectivity index (χ0n) is 14.8. The summed E-state index contributed by atoms with van der Waals surface area (Å²) in [6, 6.07) is 28.6. The second-order valence-electron chi connectivity index (χ2n) is 6.10. The molecule has 3 N–H and O–H groups in total. The number of carbonyl (C=O) groups excluding carboxylic acids is 1. The summed E-state index contributed by atoms with van der Waals surface area (Å²) in [4.78, 5) is 14.6. The van der Waals surface area contributed by atoms with Crippen molar-refractivity contribution < 1.29 is 10.1 Å². The van der Waals surface area contributed by atoms with Gasteiger partial charge in [-0.3, -0.25) is 4.79 Å². The van der Waals surface area contributed by atoms with E-state index < -0.39 is 0 Å². The quantitative estimate of drug-likeness (QED) is 0.664. The maximum Gasteiger partial charge on any atom is 0.279 e. The molecule has 1 atom stereocenters.